The average Bonchev–Trinajstić information content (AvgIpc) is 3.24. The summed E-state index contributed by atoms with van der Waals surface area (Å²) < 4.78 is 16.2. The molecule has 0 atom stereocenters. The number of urea groups is 1. The van der Waals surface area contributed by atoms with Crippen LogP contribution in [0.5, 0.6) is 5.75 Å². The fraction of sp³-hybridized carbons (Fsp3) is 0.346. The quantitative estimate of drug-likeness (QED) is 0.509. The molecular formula is C26H30N4O5. The highest BCUT2D eigenvalue weighted by molar-refractivity contribution is 6.00. The molecule has 9 heteroatoms. The van der Waals surface area contributed by atoms with Crippen molar-refractivity contribution in [1.82, 2.24) is 14.8 Å². The molecule has 1 saturated heterocycles. The van der Waals surface area contributed by atoms with Crippen LogP contribution in [0.2, 0.25) is 0 Å². The van der Waals surface area contributed by atoms with Crippen molar-refractivity contribution in [1.29, 1.82) is 0 Å². The Kier molecular flexibility index (Phi) is 7.67. The van der Waals surface area contributed by atoms with E-state index < -0.39 is 5.97 Å². The van der Waals surface area contributed by atoms with Crippen molar-refractivity contribution in [3.63, 3.8) is 0 Å². The van der Waals surface area contributed by atoms with Crippen LogP contribution in [0, 0.1) is 6.92 Å². The van der Waals surface area contributed by atoms with Gasteiger partial charge in [-0.15, -0.1) is 0 Å². The third-order valence-electron chi connectivity index (χ3n) is 5.91. The molecule has 0 bridgehead atoms. The Morgan fingerprint density at radius 2 is 1.77 bits per heavy atom. The molecule has 9 nitrogen and oxygen atoms in total. The monoisotopic (exact) mass is 478 g/mol. The number of benzene rings is 2. The summed E-state index contributed by atoms with van der Waals surface area (Å²) in [5, 5.41) is 2.83. The van der Waals surface area contributed by atoms with Gasteiger partial charge in [-0.05, 0) is 50.2 Å². The number of carbonyl (C=O) groups excluding carboxylic acids is 2. The van der Waals surface area contributed by atoms with Gasteiger partial charge in [-0.2, -0.15) is 0 Å². The number of amides is 2. The molecule has 2 amide bonds. The number of piperazine rings is 1. The number of hydrogen-bond acceptors (Lipinski definition) is 7. The highest BCUT2D eigenvalue weighted by Gasteiger charge is 2.24. The van der Waals surface area contributed by atoms with Crippen LogP contribution in [0.4, 0.5) is 10.5 Å². The van der Waals surface area contributed by atoms with Crippen molar-refractivity contribution in [2.75, 3.05) is 45.2 Å². The van der Waals surface area contributed by atoms with Gasteiger partial charge < -0.3 is 24.1 Å². The first-order chi connectivity index (χ1) is 17.0. The highest BCUT2D eigenvalue weighted by Crippen LogP contribution is 2.25. The van der Waals surface area contributed by atoms with Gasteiger partial charge in [0.2, 0.25) is 5.89 Å². The Bertz CT molecular complexity index is 1170. The van der Waals surface area contributed by atoms with Crippen molar-refractivity contribution in [3.05, 3.63) is 65.5 Å². The first-order valence-corrected chi connectivity index (χ1v) is 11.6. The minimum Gasteiger partial charge on any atom is -0.494 e. The summed E-state index contributed by atoms with van der Waals surface area (Å²) in [5.74, 6) is 1.70. The van der Waals surface area contributed by atoms with Gasteiger partial charge in [0, 0.05) is 38.3 Å². The Balaban J connectivity index is 1.33. The van der Waals surface area contributed by atoms with E-state index in [1.165, 1.54) is 7.11 Å². The zero-order chi connectivity index (χ0) is 24.8. The molecule has 0 saturated carbocycles. The Morgan fingerprint density at radius 3 is 2.46 bits per heavy atom. The summed E-state index contributed by atoms with van der Waals surface area (Å²) in [5.41, 5.74) is 2.55. The standard InChI is InChI=1S/C26H30N4O5/c1-4-34-20-11-9-19(10-12-20)24-27-23(18(2)35-24)17-29-13-15-30(16-14-29)26(32)28-22-8-6-5-7-21(22)25(31)33-3/h5-12H,4,13-17H2,1-3H3,(H,28,32). The molecule has 2 heterocycles. The molecule has 1 aliphatic heterocycles. The zero-order valence-electron chi connectivity index (χ0n) is 20.2. The zero-order valence-corrected chi connectivity index (χ0v) is 20.2. The second-order valence-corrected chi connectivity index (χ2v) is 8.21. The summed E-state index contributed by atoms with van der Waals surface area (Å²) in [6.45, 7) is 7.68. The Hall–Kier alpha value is -3.85. The van der Waals surface area contributed by atoms with Crippen molar-refractivity contribution in [2.45, 2.75) is 20.4 Å². The van der Waals surface area contributed by atoms with Crippen LogP contribution in [0.15, 0.2) is 52.9 Å². The molecule has 2 aromatic carbocycles. The van der Waals surface area contributed by atoms with Gasteiger partial charge in [0.1, 0.15) is 11.5 Å². The lowest BCUT2D eigenvalue weighted by molar-refractivity contribution is 0.0602. The minimum atomic E-state index is -0.488. The van der Waals surface area contributed by atoms with E-state index in [2.05, 4.69) is 10.2 Å². The third kappa shape index (κ3) is 5.81. The molecular weight excluding hydrogens is 448 g/mol. The number of esters is 1. The number of nitrogens with one attached hydrogen (secondary N) is 1. The summed E-state index contributed by atoms with van der Waals surface area (Å²) in [6, 6.07) is 14.3. The second-order valence-electron chi connectivity index (χ2n) is 8.21. The van der Waals surface area contributed by atoms with E-state index in [4.69, 9.17) is 18.9 Å². The van der Waals surface area contributed by atoms with Gasteiger partial charge in [0.05, 0.1) is 30.7 Å². The topological polar surface area (TPSA) is 97.1 Å². The second kappa shape index (κ2) is 11.1. The average molecular weight is 479 g/mol. The maximum Gasteiger partial charge on any atom is 0.339 e. The van der Waals surface area contributed by atoms with Gasteiger partial charge in [0.25, 0.3) is 0 Å². The van der Waals surface area contributed by atoms with Gasteiger partial charge in [-0.25, -0.2) is 14.6 Å². The number of oxazole rings is 1. The maximum atomic E-state index is 12.8. The van der Waals surface area contributed by atoms with Crippen LogP contribution in [0.1, 0.15) is 28.7 Å². The summed E-state index contributed by atoms with van der Waals surface area (Å²) in [6.07, 6.45) is 0. The number of ether oxygens (including phenoxy) is 2. The van der Waals surface area contributed by atoms with Crippen LogP contribution >= 0.6 is 0 Å². The van der Waals surface area contributed by atoms with E-state index in [9.17, 15) is 9.59 Å². The lowest BCUT2D eigenvalue weighted by Gasteiger charge is -2.34. The molecule has 3 aromatic rings. The molecule has 184 valence electrons. The number of hydrogen-bond donors (Lipinski definition) is 1. The molecule has 0 aliphatic carbocycles. The van der Waals surface area contributed by atoms with E-state index >= 15 is 0 Å². The fourth-order valence-electron chi connectivity index (χ4n) is 3.95. The van der Waals surface area contributed by atoms with Gasteiger partial charge >= 0.3 is 12.0 Å². The van der Waals surface area contributed by atoms with Crippen molar-refractivity contribution in [3.8, 4) is 17.2 Å². The lowest BCUT2D eigenvalue weighted by atomic mass is 10.2. The fourth-order valence-corrected chi connectivity index (χ4v) is 3.95. The predicted octanol–water partition coefficient (Wildman–Crippen LogP) is 4.19. The summed E-state index contributed by atoms with van der Waals surface area (Å²) >= 11 is 0. The van der Waals surface area contributed by atoms with Crippen LogP contribution in [0.3, 0.4) is 0 Å². The molecule has 1 fully saturated rings. The minimum absolute atomic E-state index is 0.239. The number of methoxy groups -OCH3 is 1. The van der Waals surface area contributed by atoms with Crippen molar-refractivity contribution >= 4 is 17.7 Å². The SMILES string of the molecule is CCOc1ccc(-c2nc(CN3CCN(C(=O)Nc4ccccc4C(=O)OC)CC3)c(C)o2)cc1. The number of nitrogens with zero attached hydrogens (tertiary/aromatic N) is 3. The van der Waals surface area contributed by atoms with E-state index in [1.807, 2.05) is 38.1 Å². The molecule has 1 N–H and O–H groups in total. The summed E-state index contributed by atoms with van der Waals surface area (Å²) in [4.78, 5) is 33.4. The van der Waals surface area contributed by atoms with Crippen molar-refractivity contribution in [2.24, 2.45) is 0 Å². The molecule has 4 rings (SSSR count). The van der Waals surface area contributed by atoms with Crippen LogP contribution in [-0.4, -0.2) is 66.7 Å². The number of anilines is 1. The van der Waals surface area contributed by atoms with E-state index in [-0.39, 0.29) is 6.03 Å². The van der Waals surface area contributed by atoms with Crippen LogP contribution in [-0.2, 0) is 11.3 Å². The molecule has 35 heavy (non-hydrogen) atoms. The molecule has 1 aliphatic rings. The first-order valence-electron chi connectivity index (χ1n) is 11.6. The first kappa shape index (κ1) is 24.3. The van der Waals surface area contributed by atoms with Crippen LogP contribution in [0.25, 0.3) is 11.5 Å². The molecule has 1 aromatic heterocycles. The van der Waals surface area contributed by atoms with E-state index in [0.29, 0.717) is 56.5 Å². The Labute approximate surface area is 204 Å². The highest BCUT2D eigenvalue weighted by atomic mass is 16.5. The number of aromatic nitrogens is 1. The number of rotatable bonds is 7. The van der Waals surface area contributed by atoms with Gasteiger partial charge in [0.15, 0.2) is 0 Å². The van der Waals surface area contributed by atoms with Gasteiger partial charge in [-0.1, -0.05) is 12.1 Å². The van der Waals surface area contributed by atoms with Gasteiger partial charge in [-0.3, -0.25) is 4.90 Å². The summed E-state index contributed by atoms with van der Waals surface area (Å²) in [7, 11) is 1.32. The smallest absolute Gasteiger partial charge is 0.339 e. The maximum absolute atomic E-state index is 12.8. The van der Waals surface area contributed by atoms with Crippen LogP contribution < -0.4 is 10.1 Å². The molecule has 0 radical (unpaired) electrons. The lowest BCUT2D eigenvalue weighted by Crippen LogP contribution is -2.49. The van der Waals surface area contributed by atoms with E-state index in [0.717, 1.165) is 22.8 Å². The third-order valence-corrected chi connectivity index (χ3v) is 5.91. The molecule has 0 unspecified atom stereocenters. The van der Waals surface area contributed by atoms with Crippen molar-refractivity contribution < 1.29 is 23.5 Å². The Morgan fingerprint density at radius 1 is 1.06 bits per heavy atom. The largest absolute Gasteiger partial charge is 0.494 e. The number of carbonyl (C=O) groups is 2. The number of aryl methyl sites for hydroxylation is 1. The number of para-hydroxylation sites is 1. The normalized spacial score (nSPS) is 14.0. The molecule has 0 spiro atoms. The van der Waals surface area contributed by atoms with E-state index in [1.54, 1.807) is 29.2 Å². The predicted molar refractivity (Wildman–Crippen MR) is 131 cm³/mol.